The van der Waals surface area contributed by atoms with E-state index < -0.39 is 6.04 Å². The smallest absolute Gasteiger partial charge is 0.346 e. The number of rotatable bonds is 3. The summed E-state index contributed by atoms with van der Waals surface area (Å²) in [5.74, 6) is 0.270. The number of hydrogen-bond acceptors (Lipinski definition) is 3. The fraction of sp³-hybridized carbons (Fsp3) is 0.182. The molecule has 2 N–H and O–H groups in total. The minimum atomic E-state index is -0.395. The summed E-state index contributed by atoms with van der Waals surface area (Å²) >= 11 is 3.31. The fourth-order valence-electron chi connectivity index (χ4n) is 1.69. The van der Waals surface area contributed by atoms with Gasteiger partial charge in [-0.25, -0.2) is 4.79 Å². The molecule has 2 heterocycles. The fourth-order valence-corrected chi connectivity index (χ4v) is 1.92. The van der Waals surface area contributed by atoms with Crippen molar-refractivity contribution in [1.82, 2.24) is 9.88 Å². The molecule has 0 fully saturated rings. The second-order valence-corrected chi connectivity index (χ2v) is 4.48. The summed E-state index contributed by atoms with van der Waals surface area (Å²) in [5, 5.41) is 0. The number of urea groups is 1. The van der Waals surface area contributed by atoms with Crippen molar-refractivity contribution >= 4 is 27.8 Å². The molecule has 0 aliphatic carbocycles. The van der Waals surface area contributed by atoms with Gasteiger partial charge in [0.1, 0.15) is 11.9 Å². The number of nitrogens with zero attached hydrogens (tertiary/aromatic N) is 3. The molecule has 0 bridgehead atoms. The predicted molar refractivity (Wildman–Crippen MR) is 68.6 cm³/mol. The van der Waals surface area contributed by atoms with E-state index in [1.807, 2.05) is 12.1 Å². The van der Waals surface area contributed by atoms with E-state index in [4.69, 9.17) is 5.73 Å². The summed E-state index contributed by atoms with van der Waals surface area (Å²) in [5.41, 5.74) is 6.46. The van der Waals surface area contributed by atoms with Crippen LogP contribution in [-0.4, -0.2) is 28.3 Å². The van der Waals surface area contributed by atoms with E-state index in [9.17, 15) is 4.79 Å². The van der Waals surface area contributed by atoms with Gasteiger partial charge in [0.25, 0.3) is 0 Å². The Kier molecular flexibility index (Phi) is 3.23. The second kappa shape index (κ2) is 4.67. The monoisotopic (exact) mass is 294 g/mol. The van der Waals surface area contributed by atoms with E-state index in [0.717, 1.165) is 4.47 Å². The third kappa shape index (κ3) is 2.21. The van der Waals surface area contributed by atoms with Gasteiger partial charge < -0.3 is 10.6 Å². The van der Waals surface area contributed by atoms with Crippen LogP contribution in [0.3, 0.4) is 0 Å². The number of halogens is 1. The Labute approximate surface area is 107 Å². The molecule has 17 heavy (non-hydrogen) atoms. The molecule has 88 valence electrons. The maximum absolute atomic E-state index is 11.6. The first-order chi connectivity index (χ1) is 8.13. The molecule has 0 saturated heterocycles. The molecule has 0 saturated carbocycles. The van der Waals surface area contributed by atoms with Crippen LogP contribution in [0.2, 0.25) is 0 Å². The van der Waals surface area contributed by atoms with Crippen molar-refractivity contribution < 1.29 is 4.79 Å². The molecular formula is C11H11BrN4O. The lowest BCUT2D eigenvalue weighted by Gasteiger charge is -2.22. The summed E-state index contributed by atoms with van der Waals surface area (Å²) in [4.78, 5) is 21.1. The zero-order valence-corrected chi connectivity index (χ0v) is 10.6. The number of pyridine rings is 1. The van der Waals surface area contributed by atoms with Gasteiger partial charge in [0.2, 0.25) is 0 Å². The highest BCUT2D eigenvalue weighted by Gasteiger charge is 2.34. The molecule has 0 spiro atoms. The van der Waals surface area contributed by atoms with Crippen molar-refractivity contribution in [3.05, 3.63) is 41.2 Å². The third-order valence-electron chi connectivity index (χ3n) is 2.42. The van der Waals surface area contributed by atoms with E-state index in [1.165, 1.54) is 4.90 Å². The summed E-state index contributed by atoms with van der Waals surface area (Å²) in [6, 6.07) is 2.92. The lowest BCUT2D eigenvalue weighted by molar-refractivity contribution is 0.212. The van der Waals surface area contributed by atoms with Gasteiger partial charge >= 0.3 is 6.03 Å². The number of hydrogen-bond donors (Lipinski definition) is 1. The van der Waals surface area contributed by atoms with E-state index in [-0.39, 0.29) is 11.9 Å². The molecule has 6 heteroatoms. The van der Waals surface area contributed by atoms with Crippen molar-refractivity contribution in [3.8, 4) is 0 Å². The van der Waals surface area contributed by atoms with Crippen LogP contribution in [-0.2, 0) is 0 Å². The lowest BCUT2D eigenvalue weighted by Crippen LogP contribution is -2.34. The van der Waals surface area contributed by atoms with E-state index in [1.54, 1.807) is 12.3 Å². The first-order valence-electron chi connectivity index (χ1n) is 5.00. The molecule has 0 radical (unpaired) electrons. The highest BCUT2D eigenvalue weighted by molar-refractivity contribution is 9.10. The SMILES string of the molecule is C=CCN1C(=O)N=C(N)C1c1ccc(Br)cn1. The van der Waals surface area contributed by atoms with E-state index in [2.05, 4.69) is 32.5 Å². The summed E-state index contributed by atoms with van der Waals surface area (Å²) in [6.07, 6.45) is 3.30. The van der Waals surface area contributed by atoms with Crippen LogP contribution in [0.4, 0.5) is 4.79 Å². The Hall–Kier alpha value is -1.69. The van der Waals surface area contributed by atoms with Gasteiger partial charge in [0.15, 0.2) is 0 Å². The van der Waals surface area contributed by atoms with Crippen LogP contribution >= 0.6 is 15.9 Å². The molecule has 0 aromatic carbocycles. The normalized spacial score (nSPS) is 19.4. The Balaban J connectivity index is 2.35. The zero-order chi connectivity index (χ0) is 12.4. The Morgan fingerprint density at radius 2 is 2.35 bits per heavy atom. The molecule has 1 unspecified atom stereocenters. The standard InChI is InChI=1S/C11H11BrN4O/c1-2-5-16-9(10(13)15-11(16)17)8-4-3-7(12)6-14-8/h2-4,6,9H,1,5H2,(H2,13,15,17). The highest BCUT2D eigenvalue weighted by Crippen LogP contribution is 2.25. The van der Waals surface area contributed by atoms with Crippen molar-refractivity contribution in [1.29, 1.82) is 0 Å². The van der Waals surface area contributed by atoms with Crippen molar-refractivity contribution in [2.75, 3.05) is 6.54 Å². The average Bonchev–Trinajstić information content (AvgIpc) is 2.56. The van der Waals surface area contributed by atoms with Gasteiger partial charge in [-0.3, -0.25) is 4.98 Å². The minimum absolute atomic E-state index is 0.270. The Morgan fingerprint density at radius 3 is 2.94 bits per heavy atom. The van der Waals surface area contributed by atoms with Crippen molar-refractivity contribution in [3.63, 3.8) is 0 Å². The summed E-state index contributed by atoms with van der Waals surface area (Å²) in [7, 11) is 0. The zero-order valence-electron chi connectivity index (χ0n) is 9.01. The molecule has 2 amide bonds. The Morgan fingerprint density at radius 1 is 1.59 bits per heavy atom. The maximum Gasteiger partial charge on any atom is 0.346 e. The van der Waals surface area contributed by atoms with E-state index in [0.29, 0.717) is 12.2 Å². The average molecular weight is 295 g/mol. The number of nitrogens with two attached hydrogens (primary N) is 1. The van der Waals surface area contributed by atoms with Gasteiger partial charge in [-0.05, 0) is 28.1 Å². The van der Waals surface area contributed by atoms with Crippen LogP contribution in [0.1, 0.15) is 11.7 Å². The molecular weight excluding hydrogens is 284 g/mol. The molecule has 1 atom stereocenters. The molecule has 5 nitrogen and oxygen atoms in total. The van der Waals surface area contributed by atoms with Gasteiger partial charge in [-0.1, -0.05) is 6.08 Å². The van der Waals surface area contributed by atoms with Gasteiger partial charge in [0, 0.05) is 17.2 Å². The first-order valence-corrected chi connectivity index (χ1v) is 5.80. The molecule has 1 aliphatic heterocycles. The van der Waals surface area contributed by atoms with Crippen LogP contribution in [0.5, 0.6) is 0 Å². The number of amidine groups is 1. The van der Waals surface area contributed by atoms with E-state index >= 15 is 0 Å². The number of aromatic nitrogens is 1. The van der Waals surface area contributed by atoms with Crippen molar-refractivity contribution in [2.45, 2.75) is 6.04 Å². The lowest BCUT2D eigenvalue weighted by atomic mass is 10.1. The summed E-state index contributed by atoms with van der Waals surface area (Å²) in [6.45, 7) is 4.01. The topological polar surface area (TPSA) is 71.6 Å². The quantitative estimate of drug-likeness (QED) is 0.865. The van der Waals surface area contributed by atoms with Crippen molar-refractivity contribution in [2.24, 2.45) is 10.7 Å². The van der Waals surface area contributed by atoms with Gasteiger partial charge in [-0.2, -0.15) is 4.99 Å². The molecule has 2 rings (SSSR count). The van der Waals surface area contributed by atoms with Crippen LogP contribution < -0.4 is 5.73 Å². The summed E-state index contributed by atoms with van der Waals surface area (Å²) < 4.78 is 0.872. The van der Waals surface area contributed by atoms with Gasteiger partial charge in [-0.15, -0.1) is 6.58 Å². The first kappa shape index (κ1) is 11.8. The molecule has 1 aliphatic rings. The number of aliphatic imine (C=N–C) groups is 1. The predicted octanol–water partition coefficient (Wildman–Crippen LogP) is 1.86. The van der Waals surface area contributed by atoms with Crippen LogP contribution in [0.15, 0.2) is 40.4 Å². The number of carbonyl (C=O) groups is 1. The number of amides is 2. The maximum atomic E-state index is 11.6. The van der Waals surface area contributed by atoms with Crippen LogP contribution in [0, 0.1) is 0 Å². The van der Waals surface area contributed by atoms with Crippen LogP contribution in [0.25, 0.3) is 0 Å². The third-order valence-corrected chi connectivity index (χ3v) is 2.89. The Bertz CT molecular complexity index is 483. The second-order valence-electron chi connectivity index (χ2n) is 3.56. The largest absolute Gasteiger partial charge is 0.385 e. The molecule has 1 aromatic heterocycles. The minimum Gasteiger partial charge on any atom is -0.385 e. The number of carbonyl (C=O) groups excluding carboxylic acids is 1. The van der Waals surface area contributed by atoms with Gasteiger partial charge in [0.05, 0.1) is 5.69 Å². The molecule has 1 aromatic rings. The highest BCUT2D eigenvalue weighted by atomic mass is 79.9.